The predicted octanol–water partition coefficient (Wildman–Crippen LogP) is 2.57. The molecule has 7 heteroatoms. The summed E-state index contributed by atoms with van der Waals surface area (Å²) in [6.45, 7) is 2.94. The number of benzene rings is 1. The van der Waals surface area contributed by atoms with E-state index in [4.69, 9.17) is 9.47 Å². The normalized spacial score (nSPS) is 19.5. The Morgan fingerprint density at radius 1 is 1.33 bits per heavy atom. The molecule has 2 aliphatic rings. The van der Waals surface area contributed by atoms with Crippen LogP contribution < -0.4 is 14.8 Å². The van der Waals surface area contributed by atoms with E-state index in [2.05, 4.69) is 5.32 Å². The molecule has 0 bridgehead atoms. The van der Waals surface area contributed by atoms with E-state index in [9.17, 15) is 4.79 Å². The van der Waals surface area contributed by atoms with Crippen LogP contribution in [0.25, 0.3) is 0 Å². The summed E-state index contributed by atoms with van der Waals surface area (Å²) in [6.07, 6.45) is 2.83. The van der Waals surface area contributed by atoms with Crippen molar-refractivity contribution in [3.8, 4) is 11.5 Å². The van der Waals surface area contributed by atoms with Crippen molar-refractivity contribution in [3.05, 3.63) is 18.2 Å². The van der Waals surface area contributed by atoms with E-state index in [0.29, 0.717) is 25.7 Å². The number of halogens is 1. The molecule has 2 heterocycles. The van der Waals surface area contributed by atoms with Gasteiger partial charge in [-0.1, -0.05) is 0 Å². The van der Waals surface area contributed by atoms with Gasteiger partial charge in [0, 0.05) is 36.2 Å². The monoisotopic (exact) mass is 372 g/mol. The lowest BCUT2D eigenvalue weighted by atomic mass is 10.1. The Labute approximate surface area is 153 Å². The van der Waals surface area contributed by atoms with Crippen molar-refractivity contribution in [2.75, 3.05) is 39.1 Å². The molecule has 1 saturated heterocycles. The topological polar surface area (TPSA) is 50.8 Å². The number of carbonyl (C=O) groups is 1. The number of thioether (sulfide) groups is 1. The molecule has 24 heavy (non-hydrogen) atoms. The fourth-order valence-electron chi connectivity index (χ4n) is 2.97. The summed E-state index contributed by atoms with van der Waals surface area (Å²) in [5.74, 6) is 2.66. The van der Waals surface area contributed by atoms with Gasteiger partial charge in [-0.05, 0) is 38.1 Å². The van der Waals surface area contributed by atoms with Crippen molar-refractivity contribution in [2.45, 2.75) is 30.2 Å². The first-order valence-electron chi connectivity index (χ1n) is 8.24. The summed E-state index contributed by atoms with van der Waals surface area (Å²) in [5, 5.41) is 3.27. The van der Waals surface area contributed by atoms with E-state index in [1.165, 1.54) is 0 Å². The number of nitrogens with one attached hydrogen (secondary N) is 1. The molecule has 1 fully saturated rings. The van der Waals surface area contributed by atoms with Crippen LogP contribution in [0.4, 0.5) is 0 Å². The second-order valence-electron chi connectivity index (χ2n) is 5.87. The molecule has 0 aliphatic carbocycles. The number of carbonyl (C=O) groups excluding carboxylic acids is 1. The number of nitrogens with zero attached hydrogens (tertiary/aromatic N) is 1. The van der Waals surface area contributed by atoms with Gasteiger partial charge in [-0.25, -0.2) is 0 Å². The Kier molecular flexibility index (Phi) is 7.52. The van der Waals surface area contributed by atoms with Crippen molar-refractivity contribution < 1.29 is 14.3 Å². The molecule has 1 aromatic rings. The lowest BCUT2D eigenvalue weighted by Crippen LogP contribution is -2.47. The Hall–Kier alpha value is -1.11. The van der Waals surface area contributed by atoms with Gasteiger partial charge in [0.25, 0.3) is 0 Å². The van der Waals surface area contributed by atoms with Crippen molar-refractivity contribution in [1.82, 2.24) is 10.2 Å². The molecule has 5 nitrogen and oxygen atoms in total. The van der Waals surface area contributed by atoms with E-state index in [1.54, 1.807) is 11.8 Å². The summed E-state index contributed by atoms with van der Waals surface area (Å²) in [4.78, 5) is 15.4. The summed E-state index contributed by atoms with van der Waals surface area (Å²) in [5.41, 5.74) is 0. The Bertz CT molecular complexity index is 559. The van der Waals surface area contributed by atoms with Gasteiger partial charge in [-0.3, -0.25) is 4.79 Å². The van der Waals surface area contributed by atoms with E-state index >= 15 is 0 Å². The molecule has 1 unspecified atom stereocenters. The van der Waals surface area contributed by atoms with E-state index in [0.717, 1.165) is 48.1 Å². The number of amides is 1. The maximum absolute atomic E-state index is 12.3. The summed E-state index contributed by atoms with van der Waals surface area (Å²) in [6, 6.07) is 6.42. The highest BCUT2D eigenvalue weighted by Gasteiger charge is 2.22. The van der Waals surface area contributed by atoms with Crippen LogP contribution in [0.5, 0.6) is 11.5 Å². The number of fused-ring (bicyclic) bond motifs is 1. The predicted molar refractivity (Wildman–Crippen MR) is 98.7 cm³/mol. The number of rotatable bonds is 5. The van der Waals surface area contributed by atoms with Crippen LogP contribution in [0.2, 0.25) is 0 Å². The van der Waals surface area contributed by atoms with Crippen molar-refractivity contribution in [1.29, 1.82) is 0 Å². The van der Waals surface area contributed by atoms with Crippen LogP contribution in [-0.2, 0) is 4.79 Å². The summed E-state index contributed by atoms with van der Waals surface area (Å²) < 4.78 is 11.1. The van der Waals surface area contributed by atoms with Crippen LogP contribution >= 0.6 is 24.2 Å². The fraction of sp³-hybridized carbons (Fsp3) is 0.588. The number of likely N-dealkylation sites (tertiary alicyclic amines) is 1. The van der Waals surface area contributed by atoms with Crippen LogP contribution in [-0.4, -0.2) is 56.0 Å². The number of hydrogen-bond donors (Lipinski definition) is 1. The minimum atomic E-state index is 0. The summed E-state index contributed by atoms with van der Waals surface area (Å²) in [7, 11) is 1.97. The number of piperidine rings is 1. The largest absolute Gasteiger partial charge is 0.486 e. The molecule has 1 amide bonds. The molecular weight excluding hydrogens is 348 g/mol. The fourth-order valence-corrected chi connectivity index (χ4v) is 3.83. The first-order valence-corrected chi connectivity index (χ1v) is 9.22. The average molecular weight is 373 g/mol. The van der Waals surface area contributed by atoms with Crippen LogP contribution in [0.1, 0.15) is 19.3 Å². The zero-order valence-corrected chi connectivity index (χ0v) is 15.6. The van der Waals surface area contributed by atoms with Gasteiger partial charge in [0.05, 0.1) is 0 Å². The van der Waals surface area contributed by atoms with E-state index in [-0.39, 0.29) is 18.3 Å². The third-order valence-electron chi connectivity index (χ3n) is 4.28. The minimum absolute atomic E-state index is 0. The van der Waals surface area contributed by atoms with E-state index < -0.39 is 0 Å². The first-order chi connectivity index (χ1) is 11.3. The number of hydrogen-bond acceptors (Lipinski definition) is 5. The van der Waals surface area contributed by atoms with Gasteiger partial charge < -0.3 is 19.7 Å². The molecule has 0 aromatic heterocycles. The van der Waals surface area contributed by atoms with Crippen LogP contribution in [0.15, 0.2) is 23.1 Å². The Balaban J connectivity index is 0.00000208. The van der Waals surface area contributed by atoms with Gasteiger partial charge in [0.15, 0.2) is 11.5 Å². The van der Waals surface area contributed by atoms with Crippen molar-refractivity contribution >= 4 is 30.1 Å². The zero-order chi connectivity index (χ0) is 16.1. The van der Waals surface area contributed by atoms with Crippen LogP contribution in [0, 0.1) is 0 Å². The van der Waals surface area contributed by atoms with Crippen molar-refractivity contribution in [3.63, 3.8) is 0 Å². The maximum atomic E-state index is 12.3. The number of ether oxygens (including phenoxy) is 2. The lowest BCUT2D eigenvalue weighted by molar-refractivity contribution is -0.132. The van der Waals surface area contributed by atoms with Crippen LogP contribution in [0.3, 0.4) is 0 Å². The average Bonchev–Trinajstić information content (AvgIpc) is 2.61. The van der Waals surface area contributed by atoms with Gasteiger partial charge in [0.1, 0.15) is 13.2 Å². The molecule has 3 rings (SSSR count). The molecule has 0 radical (unpaired) electrons. The maximum Gasteiger partial charge on any atom is 0.223 e. The number of likely N-dealkylation sites (N-methyl/N-ethyl adjacent to an activating group) is 1. The third-order valence-corrected chi connectivity index (χ3v) is 5.28. The second-order valence-corrected chi connectivity index (χ2v) is 7.04. The zero-order valence-electron chi connectivity index (χ0n) is 14.0. The smallest absolute Gasteiger partial charge is 0.223 e. The SMILES string of the molecule is CNC1CCCN(C(=O)CCSc2ccc3c(c2)OCCO3)C1.Cl. The molecule has 0 saturated carbocycles. The Morgan fingerprint density at radius 2 is 2.12 bits per heavy atom. The second kappa shape index (κ2) is 9.39. The highest BCUT2D eigenvalue weighted by Crippen LogP contribution is 2.34. The van der Waals surface area contributed by atoms with Crippen molar-refractivity contribution in [2.24, 2.45) is 0 Å². The highest BCUT2D eigenvalue weighted by molar-refractivity contribution is 7.99. The summed E-state index contributed by atoms with van der Waals surface area (Å²) >= 11 is 1.69. The molecule has 2 aliphatic heterocycles. The van der Waals surface area contributed by atoms with Gasteiger partial charge in [0.2, 0.25) is 5.91 Å². The minimum Gasteiger partial charge on any atom is -0.486 e. The van der Waals surface area contributed by atoms with Gasteiger partial charge in [-0.2, -0.15) is 0 Å². The van der Waals surface area contributed by atoms with E-state index in [1.807, 2.05) is 30.1 Å². The third kappa shape index (κ3) is 4.94. The molecule has 0 spiro atoms. The molecular formula is C17H25ClN2O3S. The molecule has 1 atom stereocenters. The molecule has 1 N–H and O–H groups in total. The highest BCUT2D eigenvalue weighted by atomic mass is 35.5. The molecule has 1 aromatic carbocycles. The Morgan fingerprint density at radius 3 is 2.92 bits per heavy atom. The first kappa shape index (κ1) is 19.2. The lowest BCUT2D eigenvalue weighted by Gasteiger charge is -2.32. The van der Waals surface area contributed by atoms with Gasteiger partial charge >= 0.3 is 0 Å². The quantitative estimate of drug-likeness (QED) is 0.805. The molecule has 134 valence electrons. The van der Waals surface area contributed by atoms with Gasteiger partial charge in [-0.15, -0.1) is 24.2 Å². The standard InChI is InChI=1S/C17H24N2O3S.ClH/c1-18-13-3-2-7-19(12-13)17(20)6-10-23-14-4-5-15-16(11-14)22-9-8-21-15;/h4-5,11,13,18H,2-3,6-10,12H2,1H3;1H.